The van der Waals surface area contributed by atoms with Gasteiger partial charge in [0.2, 0.25) is 5.91 Å². The maximum atomic E-state index is 11.9. The molecule has 0 aromatic carbocycles. The smallest absolute Gasteiger partial charge is 0.235 e. The van der Waals surface area contributed by atoms with Crippen molar-refractivity contribution in [1.82, 2.24) is 4.90 Å². The van der Waals surface area contributed by atoms with Crippen LogP contribution in [0.2, 0.25) is 0 Å². The molecule has 0 radical (unpaired) electrons. The van der Waals surface area contributed by atoms with E-state index >= 15 is 0 Å². The third-order valence-electron chi connectivity index (χ3n) is 2.62. The molecule has 0 saturated heterocycles. The highest BCUT2D eigenvalue weighted by Crippen LogP contribution is 2.28. The molecule has 0 atom stereocenters. The first-order valence-electron chi connectivity index (χ1n) is 4.66. The molecule has 5 heteroatoms. The van der Waals surface area contributed by atoms with Gasteiger partial charge in [-0.15, -0.1) is 0 Å². The summed E-state index contributed by atoms with van der Waals surface area (Å²) in [5, 5.41) is 11.6. The van der Waals surface area contributed by atoms with E-state index in [0.717, 1.165) is 0 Å². The quantitative estimate of drug-likeness (QED) is 0.303. The third kappa shape index (κ3) is 1.97. The van der Waals surface area contributed by atoms with Crippen LogP contribution in [0.3, 0.4) is 0 Å². The van der Waals surface area contributed by atoms with Crippen LogP contribution >= 0.6 is 0 Å². The van der Waals surface area contributed by atoms with Crippen molar-refractivity contribution in [2.24, 2.45) is 16.3 Å². The van der Waals surface area contributed by atoms with Crippen molar-refractivity contribution in [3.05, 3.63) is 0 Å². The maximum absolute atomic E-state index is 11.9. The summed E-state index contributed by atoms with van der Waals surface area (Å²) in [6.07, 6.45) is 1.05. The van der Waals surface area contributed by atoms with Gasteiger partial charge in [0, 0.05) is 14.1 Å². The summed E-state index contributed by atoms with van der Waals surface area (Å²) in [6, 6.07) is 0. The number of carbonyl (C=O) groups is 1. The van der Waals surface area contributed by atoms with Crippen LogP contribution in [-0.2, 0) is 4.79 Å². The first-order chi connectivity index (χ1) is 6.46. The van der Waals surface area contributed by atoms with Crippen molar-refractivity contribution in [3.8, 4) is 0 Å². The first kappa shape index (κ1) is 12.7. The van der Waals surface area contributed by atoms with Crippen LogP contribution in [-0.4, -0.2) is 35.9 Å². The molecule has 0 spiro atoms. The van der Waals surface area contributed by atoms with Crippen molar-refractivity contribution < 1.29 is 10.0 Å². The molecule has 0 heterocycles. The number of amides is 1. The van der Waals surface area contributed by atoms with Gasteiger partial charge in [-0.2, -0.15) is 0 Å². The zero-order valence-corrected chi connectivity index (χ0v) is 9.24. The highest BCUT2D eigenvalue weighted by Gasteiger charge is 2.40. The molecule has 0 fully saturated rings. The molecule has 0 rings (SSSR count). The highest BCUT2D eigenvalue weighted by atomic mass is 16.4. The summed E-state index contributed by atoms with van der Waals surface area (Å²) in [4.78, 5) is 13.3. The van der Waals surface area contributed by atoms with Gasteiger partial charge in [-0.3, -0.25) is 4.79 Å². The van der Waals surface area contributed by atoms with Crippen molar-refractivity contribution >= 4 is 11.7 Å². The van der Waals surface area contributed by atoms with Crippen LogP contribution in [0.4, 0.5) is 0 Å². The van der Waals surface area contributed by atoms with Crippen molar-refractivity contribution in [2.75, 3.05) is 14.1 Å². The zero-order chi connectivity index (χ0) is 11.4. The van der Waals surface area contributed by atoms with E-state index in [1.54, 1.807) is 14.1 Å². The molecule has 5 nitrogen and oxygen atoms in total. The molecule has 0 aliphatic carbocycles. The second-order valence-corrected chi connectivity index (χ2v) is 3.47. The Hall–Kier alpha value is -1.26. The van der Waals surface area contributed by atoms with Gasteiger partial charge in [0.05, 0.1) is 0 Å². The maximum Gasteiger partial charge on any atom is 0.235 e. The lowest BCUT2D eigenvalue weighted by Gasteiger charge is -2.31. The molecular formula is C9H19N3O2. The highest BCUT2D eigenvalue weighted by molar-refractivity contribution is 6.06. The lowest BCUT2D eigenvalue weighted by molar-refractivity contribution is -0.136. The van der Waals surface area contributed by atoms with Crippen molar-refractivity contribution in [2.45, 2.75) is 26.7 Å². The summed E-state index contributed by atoms with van der Waals surface area (Å²) in [5.74, 6) is -0.140. The van der Waals surface area contributed by atoms with E-state index in [4.69, 9.17) is 10.9 Å². The summed E-state index contributed by atoms with van der Waals surface area (Å²) >= 11 is 0. The number of amidine groups is 1. The molecular weight excluding hydrogens is 182 g/mol. The van der Waals surface area contributed by atoms with Crippen molar-refractivity contribution in [1.29, 1.82) is 0 Å². The van der Waals surface area contributed by atoms with E-state index < -0.39 is 5.41 Å². The lowest BCUT2D eigenvalue weighted by Crippen LogP contribution is -2.48. The second-order valence-electron chi connectivity index (χ2n) is 3.47. The Labute approximate surface area is 84.6 Å². The predicted molar refractivity (Wildman–Crippen MR) is 55.1 cm³/mol. The van der Waals surface area contributed by atoms with Crippen LogP contribution < -0.4 is 5.73 Å². The Morgan fingerprint density at radius 2 is 1.86 bits per heavy atom. The Kier molecular flexibility index (Phi) is 4.40. The van der Waals surface area contributed by atoms with Crippen LogP contribution in [0.15, 0.2) is 5.16 Å². The summed E-state index contributed by atoms with van der Waals surface area (Å²) in [6.45, 7) is 3.70. The number of hydrogen-bond acceptors (Lipinski definition) is 3. The number of hydrogen-bond donors (Lipinski definition) is 2. The summed E-state index contributed by atoms with van der Waals surface area (Å²) in [5.41, 5.74) is 4.70. The Bertz CT molecular complexity index is 232. The van der Waals surface area contributed by atoms with E-state index in [0.29, 0.717) is 12.8 Å². The summed E-state index contributed by atoms with van der Waals surface area (Å²) in [7, 11) is 3.32. The monoisotopic (exact) mass is 201 g/mol. The molecule has 0 aliphatic heterocycles. The SMILES string of the molecule is CCC(CC)(C(=O)N(C)C)C(N)=NO. The molecule has 1 amide bonds. The molecule has 0 bridgehead atoms. The normalized spacial score (nSPS) is 12.7. The van der Waals surface area contributed by atoms with Gasteiger partial charge in [0.25, 0.3) is 0 Å². The topological polar surface area (TPSA) is 78.9 Å². The minimum absolute atomic E-state index is 0.0128. The van der Waals surface area contributed by atoms with E-state index in [1.807, 2.05) is 13.8 Å². The van der Waals surface area contributed by atoms with Gasteiger partial charge in [-0.05, 0) is 12.8 Å². The number of rotatable bonds is 4. The molecule has 0 unspecified atom stereocenters. The molecule has 0 aliphatic rings. The number of oxime groups is 1. The standard InChI is InChI=1S/C9H19N3O2/c1-5-9(6-2,7(10)11-14)8(13)12(3)4/h14H,5-6H2,1-4H3,(H2,10,11). The van der Waals surface area contributed by atoms with E-state index in [-0.39, 0.29) is 11.7 Å². The van der Waals surface area contributed by atoms with Gasteiger partial charge >= 0.3 is 0 Å². The molecule has 82 valence electrons. The summed E-state index contributed by atoms with van der Waals surface area (Å²) < 4.78 is 0. The Balaban J connectivity index is 5.18. The van der Waals surface area contributed by atoms with Crippen LogP contribution in [0, 0.1) is 5.41 Å². The van der Waals surface area contributed by atoms with Gasteiger partial charge in [0.1, 0.15) is 5.41 Å². The van der Waals surface area contributed by atoms with E-state index in [9.17, 15) is 4.79 Å². The zero-order valence-electron chi connectivity index (χ0n) is 9.24. The minimum Gasteiger partial charge on any atom is -0.409 e. The number of nitrogens with two attached hydrogens (primary N) is 1. The second kappa shape index (κ2) is 4.83. The van der Waals surface area contributed by atoms with Gasteiger partial charge < -0.3 is 15.8 Å². The fourth-order valence-corrected chi connectivity index (χ4v) is 1.55. The van der Waals surface area contributed by atoms with Gasteiger partial charge in [-0.1, -0.05) is 19.0 Å². The fraction of sp³-hybridized carbons (Fsp3) is 0.778. The number of nitrogens with zero attached hydrogens (tertiary/aromatic N) is 2. The average Bonchev–Trinajstić information content (AvgIpc) is 2.19. The van der Waals surface area contributed by atoms with Gasteiger partial charge in [-0.25, -0.2) is 0 Å². The molecule has 0 aromatic heterocycles. The molecule has 3 N–H and O–H groups in total. The third-order valence-corrected chi connectivity index (χ3v) is 2.62. The number of carbonyl (C=O) groups excluding carboxylic acids is 1. The minimum atomic E-state index is -0.863. The van der Waals surface area contributed by atoms with Crippen LogP contribution in [0.1, 0.15) is 26.7 Å². The lowest BCUT2D eigenvalue weighted by atomic mass is 9.80. The van der Waals surface area contributed by atoms with Crippen molar-refractivity contribution in [3.63, 3.8) is 0 Å². The van der Waals surface area contributed by atoms with Crippen LogP contribution in [0.5, 0.6) is 0 Å². The van der Waals surface area contributed by atoms with E-state index in [2.05, 4.69) is 5.16 Å². The van der Waals surface area contributed by atoms with Gasteiger partial charge in [0.15, 0.2) is 5.84 Å². The largest absolute Gasteiger partial charge is 0.409 e. The first-order valence-corrected chi connectivity index (χ1v) is 4.66. The predicted octanol–water partition coefficient (Wildman–Crippen LogP) is 0.627. The Morgan fingerprint density at radius 3 is 2.07 bits per heavy atom. The van der Waals surface area contributed by atoms with E-state index in [1.165, 1.54) is 4.90 Å². The molecule has 0 saturated carbocycles. The fourth-order valence-electron chi connectivity index (χ4n) is 1.55. The molecule has 14 heavy (non-hydrogen) atoms. The molecule has 0 aromatic rings. The van der Waals surface area contributed by atoms with Crippen LogP contribution in [0.25, 0.3) is 0 Å². The average molecular weight is 201 g/mol. The Morgan fingerprint density at radius 1 is 1.43 bits per heavy atom.